The van der Waals surface area contributed by atoms with Gasteiger partial charge in [-0.15, -0.1) is 0 Å². The zero-order valence-corrected chi connectivity index (χ0v) is 13.4. The number of rotatable bonds is 2. The van der Waals surface area contributed by atoms with Gasteiger partial charge in [0, 0.05) is 56.0 Å². The van der Waals surface area contributed by atoms with Gasteiger partial charge in [-0.25, -0.2) is 4.98 Å². The molecule has 2 aromatic rings. The van der Waals surface area contributed by atoms with Crippen LogP contribution in [0.25, 0.3) is 10.9 Å². The van der Waals surface area contributed by atoms with Crippen molar-refractivity contribution in [3.8, 4) is 0 Å². The van der Waals surface area contributed by atoms with Crippen molar-refractivity contribution in [2.45, 2.75) is 12.8 Å². The molecule has 2 aliphatic rings. The van der Waals surface area contributed by atoms with Crippen LogP contribution in [0, 0.1) is 15.5 Å². The number of anilines is 1. The minimum Gasteiger partial charge on any atom is -0.356 e. The topological polar surface area (TPSA) is 79.6 Å². The average molecular weight is 326 g/mol. The molecule has 2 fully saturated rings. The van der Waals surface area contributed by atoms with Crippen molar-refractivity contribution in [2.75, 3.05) is 31.6 Å². The third-order valence-corrected chi connectivity index (χ3v) is 5.16. The van der Waals surface area contributed by atoms with Crippen molar-refractivity contribution in [3.63, 3.8) is 0 Å². The van der Waals surface area contributed by atoms with Gasteiger partial charge in [0.05, 0.1) is 10.4 Å². The number of hydrogen-bond acceptors (Lipinski definition) is 5. The Kier molecular flexibility index (Phi) is 3.19. The van der Waals surface area contributed by atoms with Gasteiger partial charge in [0.1, 0.15) is 5.82 Å². The average Bonchev–Trinajstić information content (AvgIpc) is 3.09. The predicted octanol–water partition coefficient (Wildman–Crippen LogP) is 2.20. The maximum Gasteiger partial charge on any atom is 0.270 e. The van der Waals surface area contributed by atoms with Crippen LogP contribution in [-0.4, -0.2) is 47.4 Å². The first kappa shape index (κ1) is 14.9. The Morgan fingerprint density at radius 3 is 2.79 bits per heavy atom. The molecule has 7 nitrogen and oxygen atoms in total. The predicted molar refractivity (Wildman–Crippen MR) is 89.9 cm³/mol. The molecular formula is C17H18N4O3. The number of non-ortho nitro benzene ring substituents is 1. The summed E-state index contributed by atoms with van der Waals surface area (Å²) >= 11 is 0. The molecule has 1 aromatic carbocycles. The highest BCUT2D eigenvalue weighted by molar-refractivity contribution is 5.83. The summed E-state index contributed by atoms with van der Waals surface area (Å²) in [5, 5.41) is 11.6. The standard InChI is InChI=1S/C17H18N4O3/c1-19-10-17(9-16(19)22)6-7-20(11-17)15-5-2-12-8-13(21(23)24)3-4-14(12)18-15/h2-5,8H,6-7,9-11H2,1H3. The zero-order chi connectivity index (χ0) is 16.9. The van der Waals surface area contributed by atoms with Crippen molar-refractivity contribution < 1.29 is 9.72 Å². The van der Waals surface area contributed by atoms with Crippen molar-refractivity contribution in [1.29, 1.82) is 0 Å². The van der Waals surface area contributed by atoms with Gasteiger partial charge < -0.3 is 9.80 Å². The molecule has 0 N–H and O–H groups in total. The van der Waals surface area contributed by atoms with Gasteiger partial charge in [-0.05, 0) is 24.6 Å². The van der Waals surface area contributed by atoms with Crippen LogP contribution in [-0.2, 0) is 4.79 Å². The summed E-state index contributed by atoms with van der Waals surface area (Å²) in [7, 11) is 1.86. The fraction of sp³-hybridized carbons (Fsp3) is 0.412. The van der Waals surface area contributed by atoms with Gasteiger partial charge in [0.15, 0.2) is 0 Å². The van der Waals surface area contributed by atoms with E-state index in [1.165, 1.54) is 6.07 Å². The van der Waals surface area contributed by atoms with Gasteiger partial charge in [-0.2, -0.15) is 0 Å². The van der Waals surface area contributed by atoms with Crippen LogP contribution in [0.3, 0.4) is 0 Å². The van der Waals surface area contributed by atoms with Crippen molar-refractivity contribution in [1.82, 2.24) is 9.88 Å². The number of nitro benzene ring substituents is 1. The Labute approximate surface area is 139 Å². The molecule has 4 rings (SSSR count). The SMILES string of the molecule is CN1CC2(CCN(c3ccc4cc([N+](=O)[O-])ccc4n3)C2)CC1=O. The van der Waals surface area contributed by atoms with Gasteiger partial charge in [0.25, 0.3) is 5.69 Å². The summed E-state index contributed by atoms with van der Waals surface area (Å²) in [6.45, 7) is 2.52. The molecular weight excluding hydrogens is 308 g/mol. The van der Waals surface area contributed by atoms with Gasteiger partial charge >= 0.3 is 0 Å². The quantitative estimate of drug-likeness (QED) is 0.624. The molecule has 0 bridgehead atoms. The van der Waals surface area contributed by atoms with Crippen LogP contribution < -0.4 is 4.90 Å². The van der Waals surface area contributed by atoms with Crippen LogP contribution in [0.2, 0.25) is 0 Å². The van der Waals surface area contributed by atoms with Crippen LogP contribution in [0.5, 0.6) is 0 Å². The number of benzene rings is 1. The molecule has 7 heteroatoms. The maximum absolute atomic E-state index is 11.9. The number of carbonyl (C=O) groups is 1. The largest absolute Gasteiger partial charge is 0.356 e. The number of fused-ring (bicyclic) bond motifs is 1. The van der Waals surface area contributed by atoms with Crippen LogP contribution >= 0.6 is 0 Å². The number of hydrogen-bond donors (Lipinski definition) is 0. The summed E-state index contributed by atoms with van der Waals surface area (Å²) < 4.78 is 0. The lowest BCUT2D eigenvalue weighted by Gasteiger charge is -2.23. The van der Waals surface area contributed by atoms with Crippen LogP contribution in [0.15, 0.2) is 30.3 Å². The second-order valence-electron chi connectivity index (χ2n) is 6.90. The van der Waals surface area contributed by atoms with Gasteiger partial charge in [0.2, 0.25) is 5.91 Å². The van der Waals surface area contributed by atoms with E-state index in [0.29, 0.717) is 6.42 Å². The molecule has 24 heavy (non-hydrogen) atoms. The number of amides is 1. The fourth-order valence-corrected chi connectivity index (χ4v) is 3.90. The minimum absolute atomic E-state index is 0.0396. The van der Waals surface area contributed by atoms with E-state index >= 15 is 0 Å². The normalized spacial score (nSPS) is 23.6. The Hall–Kier alpha value is -2.70. The highest BCUT2D eigenvalue weighted by Gasteiger charge is 2.46. The summed E-state index contributed by atoms with van der Waals surface area (Å²) in [4.78, 5) is 31.0. The molecule has 0 aliphatic carbocycles. The Morgan fingerprint density at radius 2 is 2.08 bits per heavy atom. The van der Waals surface area contributed by atoms with E-state index in [1.807, 2.05) is 24.1 Å². The smallest absolute Gasteiger partial charge is 0.270 e. The first-order chi connectivity index (χ1) is 11.5. The summed E-state index contributed by atoms with van der Waals surface area (Å²) in [5.41, 5.74) is 0.862. The number of carbonyl (C=O) groups excluding carboxylic acids is 1. The van der Waals surface area contributed by atoms with E-state index in [2.05, 4.69) is 9.88 Å². The highest BCUT2D eigenvalue weighted by Crippen LogP contribution is 2.41. The Bertz CT molecular complexity index is 853. The lowest BCUT2D eigenvalue weighted by atomic mass is 9.86. The number of likely N-dealkylation sites (tertiary alicyclic amines) is 1. The third-order valence-electron chi connectivity index (χ3n) is 5.16. The summed E-state index contributed by atoms with van der Waals surface area (Å²) in [6, 6.07) is 8.50. The maximum atomic E-state index is 11.9. The molecule has 0 saturated carbocycles. The van der Waals surface area contributed by atoms with Gasteiger partial charge in [-0.1, -0.05) is 0 Å². The Morgan fingerprint density at radius 1 is 1.25 bits per heavy atom. The second-order valence-corrected chi connectivity index (χ2v) is 6.90. The zero-order valence-electron chi connectivity index (χ0n) is 13.4. The fourth-order valence-electron chi connectivity index (χ4n) is 3.90. The number of aromatic nitrogens is 1. The van der Waals surface area contributed by atoms with E-state index in [0.717, 1.165) is 42.8 Å². The molecule has 3 heterocycles. The molecule has 124 valence electrons. The molecule has 1 atom stereocenters. The Balaban J connectivity index is 1.60. The molecule has 2 aliphatic heterocycles. The monoisotopic (exact) mass is 326 g/mol. The molecule has 0 radical (unpaired) electrons. The van der Waals surface area contributed by atoms with Gasteiger partial charge in [-0.3, -0.25) is 14.9 Å². The summed E-state index contributed by atoms with van der Waals surface area (Å²) in [5.74, 6) is 1.09. The first-order valence-corrected chi connectivity index (χ1v) is 8.00. The van der Waals surface area contributed by atoms with E-state index in [1.54, 1.807) is 12.1 Å². The molecule has 1 aromatic heterocycles. The molecule has 1 spiro atoms. The molecule has 2 saturated heterocycles. The summed E-state index contributed by atoms with van der Waals surface area (Å²) in [6.07, 6.45) is 1.60. The van der Waals surface area contributed by atoms with Crippen molar-refractivity contribution in [2.24, 2.45) is 5.41 Å². The lowest BCUT2D eigenvalue weighted by Crippen LogP contribution is -2.30. The van der Waals surface area contributed by atoms with Crippen molar-refractivity contribution >= 4 is 28.3 Å². The van der Waals surface area contributed by atoms with E-state index < -0.39 is 4.92 Å². The van der Waals surface area contributed by atoms with Crippen LogP contribution in [0.4, 0.5) is 11.5 Å². The van der Waals surface area contributed by atoms with E-state index in [9.17, 15) is 14.9 Å². The van der Waals surface area contributed by atoms with Crippen LogP contribution in [0.1, 0.15) is 12.8 Å². The molecule has 1 amide bonds. The van der Waals surface area contributed by atoms with E-state index in [4.69, 9.17) is 0 Å². The number of nitro groups is 1. The van der Waals surface area contributed by atoms with Crippen molar-refractivity contribution in [3.05, 3.63) is 40.4 Å². The van der Waals surface area contributed by atoms with E-state index in [-0.39, 0.29) is 17.0 Å². The first-order valence-electron chi connectivity index (χ1n) is 8.00. The lowest BCUT2D eigenvalue weighted by molar-refractivity contribution is -0.384. The minimum atomic E-state index is -0.398. The number of pyridine rings is 1. The highest BCUT2D eigenvalue weighted by atomic mass is 16.6. The number of nitrogens with zero attached hydrogens (tertiary/aromatic N) is 4. The third kappa shape index (κ3) is 2.36. The molecule has 1 unspecified atom stereocenters. The second kappa shape index (κ2) is 5.15.